The van der Waals surface area contributed by atoms with Crippen LogP contribution in [0.2, 0.25) is 0 Å². The van der Waals surface area contributed by atoms with Crippen molar-refractivity contribution in [3.63, 3.8) is 0 Å². The van der Waals surface area contributed by atoms with Gasteiger partial charge in [0.25, 0.3) is 0 Å². The Kier molecular flexibility index (Phi) is 4.42. The fourth-order valence-electron chi connectivity index (χ4n) is 1.73. The number of para-hydroxylation sites is 2. The minimum atomic E-state index is 0.359. The van der Waals surface area contributed by atoms with Crippen LogP contribution in [0.4, 0.5) is 0 Å². The van der Waals surface area contributed by atoms with Crippen molar-refractivity contribution in [1.82, 2.24) is 15.3 Å². The van der Waals surface area contributed by atoms with Gasteiger partial charge in [-0.3, -0.25) is 4.98 Å². The highest BCUT2D eigenvalue weighted by atomic mass is 14.9. The summed E-state index contributed by atoms with van der Waals surface area (Å²) in [4.78, 5) is 8.94. The molecule has 1 aromatic heterocycles. The fourth-order valence-corrected chi connectivity index (χ4v) is 1.73. The summed E-state index contributed by atoms with van der Waals surface area (Å²) in [6.45, 7) is 5.34. The summed E-state index contributed by atoms with van der Waals surface area (Å²) in [7, 11) is 0. The van der Waals surface area contributed by atoms with Gasteiger partial charge in [0.1, 0.15) is 0 Å². The quantitative estimate of drug-likeness (QED) is 0.874. The molecule has 0 saturated heterocycles. The lowest BCUT2D eigenvalue weighted by molar-refractivity contribution is 0.625. The van der Waals surface area contributed by atoms with Crippen molar-refractivity contribution in [2.75, 3.05) is 6.54 Å². The minimum absolute atomic E-state index is 0.359. The van der Waals surface area contributed by atoms with Gasteiger partial charge in [-0.25, -0.2) is 4.98 Å². The second-order valence-corrected chi connectivity index (χ2v) is 4.39. The number of fused-ring (bicyclic) bond motifs is 1. The first-order chi connectivity index (χ1) is 8.79. The lowest BCUT2D eigenvalue weighted by Gasteiger charge is -2.07. The van der Waals surface area contributed by atoms with Gasteiger partial charge in [-0.15, -0.1) is 0 Å². The van der Waals surface area contributed by atoms with Crippen molar-refractivity contribution >= 4 is 17.1 Å². The summed E-state index contributed by atoms with van der Waals surface area (Å²) in [6, 6.07) is 8.28. The van der Waals surface area contributed by atoms with E-state index in [1.165, 1.54) is 0 Å². The standard InChI is InChI=1S/C15H19N3/c1-3-10-16-12(2)8-9-13-11-17-14-6-4-5-7-15(14)18-13/h4-9,11-12,16H,3,10H2,1-2H3/b9-8+. The van der Waals surface area contributed by atoms with E-state index < -0.39 is 0 Å². The number of benzene rings is 1. The molecule has 3 nitrogen and oxygen atoms in total. The van der Waals surface area contributed by atoms with E-state index >= 15 is 0 Å². The van der Waals surface area contributed by atoms with Gasteiger partial charge in [0, 0.05) is 6.04 Å². The number of hydrogen-bond donors (Lipinski definition) is 1. The number of hydrogen-bond acceptors (Lipinski definition) is 3. The highest BCUT2D eigenvalue weighted by molar-refractivity contribution is 5.74. The first-order valence-corrected chi connectivity index (χ1v) is 6.43. The maximum absolute atomic E-state index is 4.55. The molecule has 2 aromatic rings. The van der Waals surface area contributed by atoms with E-state index in [1.54, 1.807) is 0 Å². The zero-order chi connectivity index (χ0) is 12.8. The molecule has 1 atom stereocenters. The SMILES string of the molecule is CCCNC(C)/C=C/c1cnc2ccccc2n1. The van der Waals surface area contributed by atoms with Crippen LogP contribution in [0.25, 0.3) is 17.1 Å². The number of aromatic nitrogens is 2. The molecule has 0 radical (unpaired) electrons. The number of nitrogens with one attached hydrogen (secondary N) is 1. The summed E-state index contributed by atoms with van der Waals surface area (Å²) >= 11 is 0. The van der Waals surface area contributed by atoms with Gasteiger partial charge in [0.15, 0.2) is 0 Å². The van der Waals surface area contributed by atoms with Crippen LogP contribution in [-0.4, -0.2) is 22.6 Å². The molecule has 0 saturated carbocycles. The lowest BCUT2D eigenvalue weighted by Crippen LogP contribution is -2.24. The third kappa shape index (κ3) is 3.37. The first-order valence-electron chi connectivity index (χ1n) is 6.43. The molecule has 2 rings (SSSR count). The average molecular weight is 241 g/mol. The van der Waals surface area contributed by atoms with Gasteiger partial charge in [0.2, 0.25) is 0 Å². The first kappa shape index (κ1) is 12.7. The van der Waals surface area contributed by atoms with Crippen molar-refractivity contribution < 1.29 is 0 Å². The van der Waals surface area contributed by atoms with Gasteiger partial charge < -0.3 is 5.32 Å². The molecule has 3 heteroatoms. The van der Waals surface area contributed by atoms with Crippen molar-refractivity contribution in [2.45, 2.75) is 26.3 Å². The van der Waals surface area contributed by atoms with Crippen molar-refractivity contribution in [2.24, 2.45) is 0 Å². The Morgan fingerprint density at radius 2 is 2.06 bits per heavy atom. The van der Waals surface area contributed by atoms with E-state index in [2.05, 4.69) is 35.2 Å². The van der Waals surface area contributed by atoms with Crippen molar-refractivity contribution in [1.29, 1.82) is 0 Å². The molecule has 1 unspecified atom stereocenters. The number of rotatable bonds is 5. The van der Waals surface area contributed by atoms with Crippen LogP contribution in [0.1, 0.15) is 26.0 Å². The Morgan fingerprint density at radius 3 is 2.83 bits per heavy atom. The van der Waals surface area contributed by atoms with Gasteiger partial charge in [-0.05, 0) is 38.1 Å². The average Bonchev–Trinajstić information content (AvgIpc) is 2.42. The van der Waals surface area contributed by atoms with Gasteiger partial charge >= 0.3 is 0 Å². The zero-order valence-corrected chi connectivity index (χ0v) is 10.9. The molecule has 0 fully saturated rings. The largest absolute Gasteiger partial charge is 0.311 e. The topological polar surface area (TPSA) is 37.8 Å². The highest BCUT2D eigenvalue weighted by Crippen LogP contribution is 2.09. The normalized spacial score (nSPS) is 13.2. The van der Waals surface area contributed by atoms with Crippen LogP contribution in [-0.2, 0) is 0 Å². The van der Waals surface area contributed by atoms with Gasteiger partial charge in [-0.2, -0.15) is 0 Å². The second kappa shape index (κ2) is 6.26. The molecule has 94 valence electrons. The fraction of sp³-hybridized carbons (Fsp3) is 0.333. The summed E-state index contributed by atoms with van der Waals surface area (Å²) in [5, 5.41) is 3.40. The third-order valence-corrected chi connectivity index (χ3v) is 2.74. The Bertz CT molecular complexity index is 534. The van der Waals surface area contributed by atoms with Crippen molar-refractivity contribution in [3.05, 3.63) is 42.2 Å². The van der Waals surface area contributed by atoms with Crippen LogP contribution in [0.5, 0.6) is 0 Å². The van der Waals surface area contributed by atoms with E-state index in [0.717, 1.165) is 29.7 Å². The van der Waals surface area contributed by atoms with Crippen LogP contribution in [0.3, 0.4) is 0 Å². The van der Waals surface area contributed by atoms with E-state index in [4.69, 9.17) is 0 Å². The zero-order valence-electron chi connectivity index (χ0n) is 10.9. The predicted molar refractivity (Wildman–Crippen MR) is 76.3 cm³/mol. The molecular weight excluding hydrogens is 222 g/mol. The molecule has 0 aliphatic rings. The third-order valence-electron chi connectivity index (χ3n) is 2.74. The molecule has 1 aromatic carbocycles. The Hall–Kier alpha value is -1.74. The summed E-state index contributed by atoms with van der Waals surface area (Å²) < 4.78 is 0. The smallest absolute Gasteiger partial charge is 0.0894 e. The Balaban J connectivity index is 2.09. The maximum atomic E-state index is 4.55. The summed E-state index contributed by atoms with van der Waals surface area (Å²) in [5.41, 5.74) is 2.78. The molecule has 1 heterocycles. The Morgan fingerprint density at radius 1 is 1.28 bits per heavy atom. The van der Waals surface area contributed by atoms with E-state index in [1.807, 2.05) is 36.5 Å². The van der Waals surface area contributed by atoms with Crippen LogP contribution in [0, 0.1) is 0 Å². The highest BCUT2D eigenvalue weighted by Gasteiger charge is 1.97. The monoisotopic (exact) mass is 241 g/mol. The predicted octanol–water partition coefficient (Wildman–Crippen LogP) is 3.03. The molecular formula is C15H19N3. The molecule has 0 aliphatic heterocycles. The maximum Gasteiger partial charge on any atom is 0.0894 e. The minimum Gasteiger partial charge on any atom is -0.311 e. The van der Waals surface area contributed by atoms with Crippen LogP contribution < -0.4 is 5.32 Å². The van der Waals surface area contributed by atoms with Gasteiger partial charge in [0.05, 0.1) is 22.9 Å². The van der Waals surface area contributed by atoms with Gasteiger partial charge in [-0.1, -0.05) is 25.1 Å². The van der Waals surface area contributed by atoms with E-state index in [0.29, 0.717) is 6.04 Å². The molecule has 18 heavy (non-hydrogen) atoms. The molecule has 0 aliphatic carbocycles. The summed E-state index contributed by atoms with van der Waals surface area (Å²) in [6.07, 6.45) is 7.10. The van der Waals surface area contributed by atoms with E-state index in [9.17, 15) is 0 Å². The second-order valence-electron chi connectivity index (χ2n) is 4.39. The lowest BCUT2D eigenvalue weighted by atomic mass is 10.2. The molecule has 1 N–H and O–H groups in total. The van der Waals surface area contributed by atoms with Crippen LogP contribution in [0.15, 0.2) is 36.5 Å². The molecule has 0 spiro atoms. The molecule has 0 bridgehead atoms. The number of nitrogens with zero attached hydrogens (tertiary/aromatic N) is 2. The summed E-state index contributed by atoms with van der Waals surface area (Å²) in [5.74, 6) is 0. The van der Waals surface area contributed by atoms with E-state index in [-0.39, 0.29) is 0 Å². The van der Waals surface area contributed by atoms with Crippen molar-refractivity contribution in [3.8, 4) is 0 Å². The Labute approximate surface area is 108 Å². The molecule has 0 amide bonds. The van der Waals surface area contributed by atoms with Crippen LogP contribution >= 0.6 is 0 Å².